The van der Waals surface area contributed by atoms with Crippen LogP contribution in [0, 0.1) is 23.7 Å². The standard InChI is InChI=1S/C27H23N3O4/c31-26(28-20-22-10-3-1-4-11-22)33-18-8-16-24-14-7-15-25(30-24)17-9-19-34-27(32)29-21-23-12-5-2-6-13-23/h1-7,10-15H,18-21H2,(H,28,31)(H,29,32). The molecule has 0 fully saturated rings. The zero-order valence-corrected chi connectivity index (χ0v) is 18.4. The molecule has 0 unspecified atom stereocenters. The van der Waals surface area contributed by atoms with Gasteiger partial charge in [-0.15, -0.1) is 0 Å². The van der Waals surface area contributed by atoms with Gasteiger partial charge in [0.2, 0.25) is 0 Å². The Hall–Kier alpha value is -4.75. The fraction of sp³-hybridized carbons (Fsp3) is 0.148. The Balaban J connectivity index is 1.37. The number of carbonyl (C=O) groups excluding carboxylic acids is 2. The molecule has 7 heteroatoms. The predicted molar refractivity (Wildman–Crippen MR) is 127 cm³/mol. The largest absolute Gasteiger partial charge is 0.436 e. The highest BCUT2D eigenvalue weighted by molar-refractivity contribution is 5.67. The molecule has 170 valence electrons. The summed E-state index contributed by atoms with van der Waals surface area (Å²) in [7, 11) is 0. The Morgan fingerprint density at radius 3 is 1.53 bits per heavy atom. The van der Waals surface area contributed by atoms with Crippen LogP contribution < -0.4 is 10.6 Å². The van der Waals surface area contributed by atoms with Gasteiger partial charge in [-0.1, -0.05) is 78.6 Å². The van der Waals surface area contributed by atoms with Crippen molar-refractivity contribution in [1.82, 2.24) is 15.6 Å². The van der Waals surface area contributed by atoms with Crippen molar-refractivity contribution in [3.63, 3.8) is 0 Å². The van der Waals surface area contributed by atoms with E-state index >= 15 is 0 Å². The Bertz CT molecular complexity index is 1110. The Morgan fingerprint density at radius 2 is 1.09 bits per heavy atom. The smallest absolute Gasteiger partial charge is 0.408 e. The van der Waals surface area contributed by atoms with Crippen LogP contribution >= 0.6 is 0 Å². The molecule has 0 bridgehead atoms. The van der Waals surface area contributed by atoms with Gasteiger partial charge in [0, 0.05) is 13.1 Å². The summed E-state index contributed by atoms with van der Waals surface area (Å²) in [6.07, 6.45) is -1.09. The molecule has 0 radical (unpaired) electrons. The second-order valence-electron chi connectivity index (χ2n) is 6.84. The molecule has 0 aliphatic rings. The van der Waals surface area contributed by atoms with Crippen LogP contribution in [0.2, 0.25) is 0 Å². The van der Waals surface area contributed by atoms with Crippen molar-refractivity contribution >= 4 is 12.2 Å². The minimum Gasteiger partial charge on any atom is -0.436 e. The minimum atomic E-state index is -0.543. The highest BCUT2D eigenvalue weighted by atomic mass is 16.6. The molecule has 2 amide bonds. The minimum absolute atomic E-state index is 0.0653. The predicted octanol–water partition coefficient (Wildman–Crippen LogP) is 3.64. The second-order valence-corrected chi connectivity index (χ2v) is 6.84. The molecule has 0 aliphatic heterocycles. The third-order valence-corrected chi connectivity index (χ3v) is 4.29. The lowest BCUT2D eigenvalue weighted by Crippen LogP contribution is -2.23. The maximum absolute atomic E-state index is 11.7. The van der Waals surface area contributed by atoms with Crippen LogP contribution in [0.1, 0.15) is 22.5 Å². The number of hydrogen-bond acceptors (Lipinski definition) is 5. The molecule has 3 rings (SSSR count). The topological polar surface area (TPSA) is 89.5 Å². The van der Waals surface area contributed by atoms with Crippen molar-refractivity contribution in [2.45, 2.75) is 13.1 Å². The summed E-state index contributed by atoms with van der Waals surface area (Å²) in [5, 5.41) is 5.31. The lowest BCUT2D eigenvalue weighted by atomic mass is 10.2. The number of pyridine rings is 1. The molecule has 0 spiro atoms. The molecular weight excluding hydrogens is 430 g/mol. The summed E-state index contributed by atoms with van der Waals surface area (Å²) in [6, 6.07) is 24.3. The first kappa shape index (κ1) is 23.9. The molecular formula is C27H23N3O4. The molecule has 3 aromatic rings. The van der Waals surface area contributed by atoms with E-state index in [0.29, 0.717) is 24.5 Å². The van der Waals surface area contributed by atoms with E-state index in [9.17, 15) is 9.59 Å². The van der Waals surface area contributed by atoms with E-state index in [1.54, 1.807) is 18.2 Å². The van der Waals surface area contributed by atoms with E-state index in [-0.39, 0.29) is 13.2 Å². The number of aromatic nitrogens is 1. The molecule has 0 atom stereocenters. The van der Waals surface area contributed by atoms with Crippen LogP contribution in [-0.4, -0.2) is 30.4 Å². The molecule has 7 nitrogen and oxygen atoms in total. The van der Waals surface area contributed by atoms with E-state index in [0.717, 1.165) is 11.1 Å². The van der Waals surface area contributed by atoms with E-state index in [1.807, 2.05) is 60.7 Å². The molecule has 0 aliphatic carbocycles. The zero-order valence-electron chi connectivity index (χ0n) is 18.4. The van der Waals surface area contributed by atoms with Crippen LogP contribution in [-0.2, 0) is 22.6 Å². The summed E-state index contributed by atoms with van der Waals surface area (Å²) in [4.78, 5) is 27.7. The molecule has 34 heavy (non-hydrogen) atoms. The quantitative estimate of drug-likeness (QED) is 0.557. The number of benzene rings is 2. The fourth-order valence-electron chi connectivity index (χ4n) is 2.67. The average Bonchev–Trinajstić information content (AvgIpc) is 2.88. The number of rotatable bonds is 6. The van der Waals surface area contributed by atoms with Crippen LogP contribution in [0.4, 0.5) is 9.59 Å². The van der Waals surface area contributed by atoms with E-state index < -0.39 is 12.2 Å². The number of hydrogen-bond donors (Lipinski definition) is 2. The molecule has 0 saturated heterocycles. The Kier molecular flexibility index (Phi) is 9.57. The van der Waals surface area contributed by atoms with Crippen LogP contribution in [0.3, 0.4) is 0 Å². The van der Waals surface area contributed by atoms with Gasteiger partial charge in [0.15, 0.2) is 13.2 Å². The van der Waals surface area contributed by atoms with Gasteiger partial charge < -0.3 is 20.1 Å². The molecule has 2 aromatic carbocycles. The van der Waals surface area contributed by atoms with Gasteiger partial charge in [-0.05, 0) is 35.1 Å². The molecule has 1 heterocycles. The normalized spacial score (nSPS) is 9.41. The van der Waals surface area contributed by atoms with Gasteiger partial charge in [-0.25, -0.2) is 14.6 Å². The van der Waals surface area contributed by atoms with Crippen molar-refractivity contribution < 1.29 is 19.1 Å². The monoisotopic (exact) mass is 453 g/mol. The highest BCUT2D eigenvalue weighted by Gasteiger charge is 2.01. The summed E-state index contributed by atoms with van der Waals surface area (Å²) >= 11 is 0. The number of ether oxygens (including phenoxy) is 2. The number of amides is 2. The van der Waals surface area contributed by atoms with Crippen LogP contribution in [0.5, 0.6) is 0 Å². The average molecular weight is 453 g/mol. The third kappa shape index (κ3) is 9.17. The second kappa shape index (κ2) is 13.6. The lowest BCUT2D eigenvalue weighted by molar-refractivity contribution is 0.158. The lowest BCUT2D eigenvalue weighted by Gasteiger charge is -2.04. The fourth-order valence-corrected chi connectivity index (χ4v) is 2.67. The highest BCUT2D eigenvalue weighted by Crippen LogP contribution is 1.99. The Labute approximate surface area is 198 Å². The number of nitrogens with zero attached hydrogens (tertiary/aromatic N) is 1. The number of alkyl carbamates (subject to hydrolysis) is 2. The number of nitrogens with one attached hydrogen (secondary N) is 2. The third-order valence-electron chi connectivity index (χ3n) is 4.29. The molecule has 2 N–H and O–H groups in total. The van der Waals surface area contributed by atoms with Crippen molar-refractivity contribution in [2.75, 3.05) is 13.2 Å². The van der Waals surface area contributed by atoms with Crippen molar-refractivity contribution in [2.24, 2.45) is 0 Å². The number of carbonyl (C=O) groups is 2. The zero-order chi connectivity index (χ0) is 23.8. The van der Waals surface area contributed by atoms with Crippen molar-refractivity contribution in [3.8, 4) is 23.7 Å². The summed E-state index contributed by atoms with van der Waals surface area (Å²) < 4.78 is 10.1. The Morgan fingerprint density at radius 1 is 0.647 bits per heavy atom. The maximum Gasteiger partial charge on any atom is 0.408 e. The SMILES string of the molecule is O=C(NCc1ccccc1)OCC#Cc1cccc(C#CCOC(=O)NCc2ccccc2)n1. The summed E-state index contributed by atoms with van der Waals surface area (Å²) in [5.74, 6) is 11.1. The van der Waals surface area contributed by atoms with E-state index in [2.05, 4.69) is 39.3 Å². The van der Waals surface area contributed by atoms with Crippen molar-refractivity contribution in [1.29, 1.82) is 0 Å². The first-order valence-corrected chi connectivity index (χ1v) is 10.5. The summed E-state index contributed by atoms with van der Waals surface area (Å²) in [6.45, 7) is 0.635. The van der Waals surface area contributed by atoms with Gasteiger partial charge >= 0.3 is 12.2 Å². The molecule has 0 saturated carbocycles. The van der Waals surface area contributed by atoms with Gasteiger partial charge in [0.25, 0.3) is 0 Å². The van der Waals surface area contributed by atoms with E-state index in [1.165, 1.54) is 0 Å². The van der Waals surface area contributed by atoms with Crippen LogP contribution in [0.25, 0.3) is 0 Å². The van der Waals surface area contributed by atoms with Gasteiger partial charge in [0.05, 0.1) is 0 Å². The first-order valence-electron chi connectivity index (χ1n) is 10.5. The van der Waals surface area contributed by atoms with Gasteiger partial charge in [0.1, 0.15) is 11.4 Å². The van der Waals surface area contributed by atoms with E-state index in [4.69, 9.17) is 9.47 Å². The molecule has 1 aromatic heterocycles. The van der Waals surface area contributed by atoms with Gasteiger partial charge in [-0.3, -0.25) is 0 Å². The summed E-state index contributed by atoms with van der Waals surface area (Å²) in [5.41, 5.74) is 2.93. The van der Waals surface area contributed by atoms with Crippen LogP contribution in [0.15, 0.2) is 78.9 Å². The maximum atomic E-state index is 11.7. The van der Waals surface area contributed by atoms with Gasteiger partial charge in [-0.2, -0.15) is 0 Å². The van der Waals surface area contributed by atoms with Crippen molar-refractivity contribution in [3.05, 3.63) is 101 Å². The first-order chi connectivity index (χ1) is 16.7.